The molecule has 0 aliphatic carbocycles. The molecule has 0 aromatic heterocycles. The molecule has 2 aromatic carbocycles. The number of aliphatic hydroxyl groups excluding tert-OH is 1. The Hall–Kier alpha value is -1.56. The maximum atomic E-state index is 12.0. The second kappa shape index (κ2) is 5.61. The number of aliphatic hydroxyl groups is 1. The van der Waals surface area contributed by atoms with Crippen molar-refractivity contribution in [3.05, 3.63) is 59.1 Å². The zero-order chi connectivity index (χ0) is 13.9. The summed E-state index contributed by atoms with van der Waals surface area (Å²) in [6.45, 7) is -0.175. The Labute approximate surface area is 116 Å². The van der Waals surface area contributed by atoms with Crippen LogP contribution in [0.3, 0.4) is 0 Å². The maximum Gasteiger partial charge on any atom is 0.339 e. The lowest BCUT2D eigenvalue weighted by Gasteiger charge is -2.09. The first kappa shape index (κ1) is 13.9. The fourth-order valence-corrected chi connectivity index (χ4v) is 2.72. The van der Waals surface area contributed by atoms with Crippen LogP contribution < -0.4 is 4.18 Å². The standard InChI is InChI=1S/C13H11ClO4S/c14-12-8-10(9-15)6-7-13(12)18-19(16,17)11-4-2-1-3-5-11/h1-8,15H,9H2. The molecule has 1 N–H and O–H groups in total. The number of benzene rings is 2. The normalized spacial score (nSPS) is 11.3. The second-order valence-corrected chi connectivity index (χ2v) is 5.73. The van der Waals surface area contributed by atoms with Gasteiger partial charge in [0.1, 0.15) is 4.90 Å². The van der Waals surface area contributed by atoms with Crippen LogP contribution in [0.1, 0.15) is 5.56 Å². The summed E-state index contributed by atoms with van der Waals surface area (Å²) in [7, 11) is -3.90. The fourth-order valence-electron chi connectivity index (χ4n) is 1.46. The van der Waals surface area contributed by atoms with Crippen molar-refractivity contribution in [2.75, 3.05) is 0 Å². The Bertz CT molecular complexity index is 668. The van der Waals surface area contributed by atoms with E-state index in [9.17, 15) is 8.42 Å². The lowest BCUT2D eigenvalue weighted by atomic mass is 10.2. The summed E-state index contributed by atoms with van der Waals surface area (Å²) >= 11 is 5.90. The van der Waals surface area contributed by atoms with Crippen molar-refractivity contribution < 1.29 is 17.7 Å². The van der Waals surface area contributed by atoms with E-state index in [4.69, 9.17) is 20.9 Å². The van der Waals surface area contributed by atoms with Crippen molar-refractivity contribution in [1.82, 2.24) is 0 Å². The molecule has 0 spiro atoms. The average Bonchev–Trinajstić information content (AvgIpc) is 2.42. The van der Waals surface area contributed by atoms with E-state index in [2.05, 4.69) is 0 Å². The van der Waals surface area contributed by atoms with Crippen LogP contribution in [0.25, 0.3) is 0 Å². The highest BCUT2D eigenvalue weighted by Crippen LogP contribution is 2.28. The lowest BCUT2D eigenvalue weighted by molar-refractivity contribution is 0.282. The van der Waals surface area contributed by atoms with Crippen molar-refractivity contribution in [3.8, 4) is 5.75 Å². The predicted molar refractivity (Wildman–Crippen MR) is 71.6 cm³/mol. The van der Waals surface area contributed by atoms with Crippen LogP contribution in [0, 0.1) is 0 Å². The van der Waals surface area contributed by atoms with Gasteiger partial charge in [-0.2, -0.15) is 8.42 Å². The van der Waals surface area contributed by atoms with Gasteiger partial charge in [-0.05, 0) is 29.8 Å². The number of rotatable bonds is 4. The van der Waals surface area contributed by atoms with E-state index in [1.807, 2.05) is 0 Å². The van der Waals surface area contributed by atoms with Gasteiger partial charge in [0.2, 0.25) is 0 Å². The molecule has 0 fully saturated rings. The van der Waals surface area contributed by atoms with Gasteiger partial charge in [0.25, 0.3) is 0 Å². The van der Waals surface area contributed by atoms with Gasteiger partial charge in [0.05, 0.1) is 11.6 Å². The molecule has 100 valence electrons. The third-order valence-electron chi connectivity index (χ3n) is 2.41. The molecule has 0 saturated carbocycles. The molecule has 6 heteroatoms. The highest BCUT2D eigenvalue weighted by molar-refractivity contribution is 7.87. The highest BCUT2D eigenvalue weighted by Gasteiger charge is 2.17. The zero-order valence-corrected chi connectivity index (χ0v) is 11.4. The van der Waals surface area contributed by atoms with Crippen molar-refractivity contribution in [1.29, 1.82) is 0 Å². The molecular weight excluding hydrogens is 288 g/mol. The predicted octanol–water partition coefficient (Wildman–Crippen LogP) is 2.60. The van der Waals surface area contributed by atoms with Crippen molar-refractivity contribution in [3.63, 3.8) is 0 Å². The molecule has 2 rings (SSSR count). The van der Waals surface area contributed by atoms with Crippen LogP contribution in [-0.4, -0.2) is 13.5 Å². The monoisotopic (exact) mass is 298 g/mol. The summed E-state index contributed by atoms with van der Waals surface area (Å²) in [6, 6.07) is 12.2. The molecule has 2 aromatic rings. The molecule has 0 atom stereocenters. The fraction of sp³-hybridized carbons (Fsp3) is 0.0769. The molecule has 4 nitrogen and oxygen atoms in total. The van der Waals surface area contributed by atoms with Gasteiger partial charge in [-0.3, -0.25) is 0 Å². The topological polar surface area (TPSA) is 63.6 Å². The first-order valence-corrected chi connectivity index (χ1v) is 7.20. The molecule has 0 radical (unpaired) electrons. The van der Waals surface area contributed by atoms with Crippen molar-refractivity contribution in [2.24, 2.45) is 0 Å². The van der Waals surface area contributed by atoms with Gasteiger partial charge in [-0.15, -0.1) is 0 Å². The van der Waals surface area contributed by atoms with E-state index in [1.54, 1.807) is 24.3 Å². The van der Waals surface area contributed by atoms with Crippen LogP contribution in [0.5, 0.6) is 5.75 Å². The molecule has 19 heavy (non-hydrogen) atoms. The summed E-state index contributed by atoms with van der Waals surface area (Å²) < 4.78 is 28.9. The Kier molecular flexibility index (Phi) is 4.09. The third-order valence-corrected chi connectivity index (χ3v) is 3.95. The van der Waals surface area contributed by atoms with Crippen LogP contribution in [0.15, 0.2) is 53.4 Å². The molecule has 0 aliphatic heterocycles. The van der Waals surface area contributed by atoms with E-state index in [-0.39, 0.29) is 22.3 Å². The minimum atomic E-state index is -3.90. The van der Waals surface area contributed by atoms with Gasteiger partial charge in [0.15, 0.2) is 5.75 Å². The minimum absolute atomic E-state index is 0.0303. The zero-order valence-electron chi connectivity index (χ0n) is 9.78. The Balaban J connectivity index is 2.31. The quantitative estimate of drug-likeness (QED) is 0.881. The molecule has 0 amide bonds. The minimum Gasteiger partial charge on any atom is -0.392 e. The van der Waals surface area contributed by atoms with Gasteiger partial charge >= 0.3 is 10.1 Å². The molecular formula is C13H11ClO4S. The van der Waals surface area contributed by atoms with E-state index < -0.39 is 10.1 Å². The Morgan fingerprint density at radius 1 is 1.11 bits per heavy atom. The Morgan fingerprint density at radius 2 is 1.79 bits per heavy atom. The van der Waals surface area contributed by atoms with Crippen LogP contribution >= 0.6 is 11.6 Å². The first-order valence-electron chi connectivity index (χ1n) is 5.42. The van der Waals surface area contributed by atoms with Crippen molar-refractivity contribution in [2.45, 2.75) is 11.5 Å². The van der Waals surface area contributed by atoms with Crippen molar-refractivity contribution >= 4 is 21.7 Å². The first-order chi connectivity index (χ1) is 9.03. The highest BCUT2D eigenvalue weighted by atomic mass is 35.5. The summed E-state index contributed by atoms with van der Waals surface area (Å²) in [4.78, 5) is 0.0531. The summed E-state index contributed by atoms with van der Waals surface area (Å²) in [5.74, 6) is 0.0303. The Morgan fingerprint density at radius 3 is 2.37 bits per heavy atom. The smallest absolute Gasteiger partial charge is 0.339 e. The molecule has 0 heterocycles. The van der Waals surface area contributed by atoms with E-state index in [0.29, 0.717) is 5.56 Å². The summed E-state index contributed by atoms with van der Waals surface area (Å²) in [6.07, 6.45) is 0. The molecule has 0 bridgehead atoms. The van der Waals surface area contributed by atoms with Gasteiger partial charge in [-0.1, -0.05) is 35.9 Å². The molecule has 0 saturated heterocycles. The average molecular weight is 299 g/mol. The SMILES string of the molecule is O=S(=O)(Oc1ccc(CO)cc1Cl)c1ccccc1. The summed E-state index contributed by atoms with van der Waals surface area (Å²) in [5.41, 5.74) is 0.578. The summed E-state index contributed by atoms with van der Waals surface area (Å²) in [5, 5.41) is 9.08. The van der Waals surface area contributed by atoms with Crippen LogP contribution in [0.2, 0.25) is 5.02 Å². The van der Waals surface area contributed by atoms with E-state index in [0.717, 1.165) is 0 Å². The van der Waals surface area contributed by atoms with Gasteiger partial charge < -0.3 is 9.29 Å². The van der Waals surface area contributed by atoms with Gasteiger partial charge in [-0.25, -0.2) is 0 Å². The largest absolute Gasteiger partial charge is 0.392 e. The molecule has 0 aliphatic rings. The third kappa shape index (κ3) is 3.26. The van der Waals surface area contributed by atoms with E-state index >= 15 is 0 Å². The van der Waals surface area contributed by atoms with Crippen LogP contribution in [0.4, 0.5) is 0 Å². The lowest BCUT2D eigenvalue weighted by Crippen LogP contribution is -2.09. The number of hydrogen-bond acceptors (Lipinski definition) is 4. The molecule has 0 unspecified atom stereocenters. The maximum absolute atomic E-state index is 12.0. The number of halogens is 1. The second-order valence-electron chi connectivity index (χ2n) is 3.77. The van der Waals surface area contributed by atoms with Gasteiger partial charge in [0, 0.05) is 0 Å². The number of hydrogen-bond donors (Lipinski definition) is 1. The van der Waals surface area contributed by atoms with E-state index in [1.165, 1.54) is 24.3 Å². The van der Waals surface area contributed by atoms with Crippen LogP contribution in [-0.2, 0) is 16.7 Å².